The van der Waals surface area contributed by atoms with Gasteiger partial charge in [-0.2, -0.15) is 0 Å². The summed E-state index contributed by atoms with van der Waals surface area (Å²) in [4.78, 5) is 29.4. The van der Waals surface area contributed by atoms with Gasteiger partial charge in [-0.1, -0.05) is 17.4 Å². The normalized spacial score (nSPS) is 12.7. The minimum atomic E-state index is -0.215. The number of hydrogen-bond donors (Lipinski definition) is 2. The van der Waals surface area contributed by atoms with Crippen molar-refractivity contribution in [3.05, 3.63) is 59.0 Å². The number of carbonyl (C=O) groups is 1. The highest BCUT2D eigenvalue weighted by Gasteiger charge is 2.17. The highest BCUT2D eigenvalue weighted by Crippen LogP contribution is 2.28. The maximum absolute atomic E-state index is 11.7. The van der Waals surface area contributed by atoms with Crippen molar-refractivity contribution in [2.45, 2.75) is 6.61 Å². The zero-order valence-corrected chi connectivity index (χ0v) is 14.6. The molecule has 0 unspecified atom stereocenters. The van der Waals surface area contributed by atoms with Crippen molar-refractivity contribution in [3.8, 4) is 11.3 Å². The van der Waals surface area contributed by atoms with Gasteiger partial charge in [0.25, 0.3) is 5.91 Å². The fourth-order valence-corrected chi connectivity index (χ4v) is 3.65. The number of imidazole rings is 1. The third-order valence-electron chi connectivity index (χ3n) is 4.26. The molecule has 1 amide bonds. The van der Waals surface area contributed by atoms with Gasteiger partial charge in [0.1, 0.15) is 0 Å². The van der Waals surface area contributed by atoms with E-state index >= 15 is 0 Å². The zero-order chi connectivity index (χ0) is 18.4. The molecule has 132 valence electrons. The van der Waals surface area contributed by atoms with E-state index in [1.807, 2.05) is 22.7 Å². The summed E-state index contributed by atoms with van der Waals surface area (Å²) in [7, 11) is 0. The van der Waals surface area contributed by atoms with Gasteiger partial charge in [0.2, 0.25) is 0 Å². The Labute approximate surface area is 156 Å². The van der Waals surface area contributed by atoms with Gasteiger partial charge in [-0.05, 0) is 12.1 Å². The molecule has 3 aromatic heterocycles. The number of thiazole rings is 1. The van der Waals surface area contributed by atoms with E-state index in [4.69, 9.17) is 0 Å². The van der Waals surface area contributed by atoms with Crippen LogP contribution >= 0.6 is 11.3 Å². The van der Waals surface area contributed by atoms with Crippen LogP contribution in [-0.2, 0) is 6.61 Å². The number of carbonyl (C=O) groups excluding carboxylic acids is 1. The number of fused-ring (bicyclic) bond motifs is 2. The summed E-state index contributed by atoms with van der Waals surface area (Å²) >= 11 is 1.36. The predicted octanol–water partition coefficient (Wildman–Crippen LogP) is 2.66. The molecule has 0 saturated heterocycles. The summed E-state index contributed by atoms with van der Waals surface area (Å²) in [5.41, 5.74) is 3.81. The monoisotopic (exact) mass is 376 g/mol. The molecule has 0 bridgehead atoms. The topological polar surface area (TPSA) is 105 Å². The van der Waals surface area contributed by atoms with Crippen molar-refractivity contribution in [2.75, 3.05) is 5.32 Å². The lowest BCUT2D eigenvalue weighted by molar-refractivity contribution is 0.101. The molecule has 1 aromatic carbocycles. The summed E-state index contributed by atoms with van der Waals surface area (Å²) in [6.45, 7) is -0.0470. The Bertz CT molecular complexity index is 1230. The number of rotatable bonds is 4. The Balaban J connectivity index is 1.57. The number of aliphatic hydroxyl groups excluding tert-OH is 1. The maximum Gasteiger partial charge on any atom is 0.277 e. The average molecular weight is 376 g/mol. The van der Waals surface area contributed by atoms with E-state index in [1.165, 1.54) is 11.3 Å². The maximum atomic E-state index is 11.7. The molecule has 5 rings (SSSR count). The minimum Gasteiger partial charge on any atom is -0.391 e. The summed E-state index contributed by atoms with van der Waals surface area (Å²) in [6.07, 6.45) is 8.50. The van der Waals surface area contributed by atoms with Gasteiger partial charge >= 0.3 is 0 Å². The molecule has 9 heteroatoms. The molecule has 0 atom stereocenters. The van der Waals surface area contributed by atoms with Crippen molar-refractivity contribution in [1.82, 2.24) is 19.4 Å². The molecule has 0 saturated carbocycles. The molecule has 8 nitrogen and oxygen atoms in total. The second kappa shape index (κ2) is 6.08. The molecular formula is C18H12N6O2S. The number of amides is 1. The van der Waals surface area contributed by atoms with Crippen molar-refractivity contribution in [1.29, 1.82) is 0 Å². The summed E-state index contributed by atoms with van der Waals surface area (Å²) in [5, 5.41) is 13.0. The van der Waals surface area contributed by atoms with Gasteiger partial charge in [-0.25, -0.2) is 19.9 Å². The largest absolute Gasteiger partial charge is 0.391 e. The first-order valence-corrected chi connectivity index (χ1v) is 8.92. The second-order valence-corrected chi connectivity index (χ2v) is 7.01. The number of aliphatic hydroxyl groups is 1. The molecule has 0 aliphatic carbocycles. The van der Waals surface area contributed by atoms with Gasteiger partial charge in [0, 0.05) is 35.9 Å². The summed E-state index contributed by atoms with van der Waals surface area (Å²) < 4.78 is 1.92. The van der Waals surface area contributed by atoms with Gasteiger partial charge in [0.05, 0.1) is 28.9 Å². The Morgan fingerprint density at radius 1 is 1.19 bits per heavy atom. The smallest absolute Gasteiger partial charge is 0.277 e. The van der Waals surface area contributed by atoms with Crippen LogP contribution in [0.1, 0.15) is 20.8 Å². The highest BCUT2D eigenvalue weighted by atomic mass is 32.1. The van der Waals surface area contributed by atoms with E-state index in [0.717, 1.165) is 21.7 Å². The van der Waals surface area contributed by atoms with Crippen LogP contribution in [0, 0.1) is 0 Å². The van der Waals surface area contributed by atoms with E-state index < -0.39 is 0 Å². The second-order valence-electron chi connectivity index (χ2n) is 5.89. The van der Waals surface area contributed by atoms with E-state index in [0.29, 0.717) is 22.2 Å². The van der Waals surface area contributed by atoms with Crippen molar-refractivity contribution in [3.63, 3.8) is 0 Å². The third-order valence-corrected chi connectivity index (χ3v) is 5.16. The molecule has 0 fully saturated rings. The lowest BCUT2D eigenvalue weighted by Gasteiger charge is -2.10. The molecule has 2 N–H and O–H groups in total. The quantitative estimate of drug-likeness (QED) is 0.567. The number of aliphatic imine (C=N–C) groups is 1. The fraction of sp³-hybridized carbons (Fsp3) is 0.0556. The van der Waals surface area contributed by atoms with E-state index in [1.54, 1.807) is 30.9 Å². The van der Waals surface area contributed by atoms with E-state index in [9.17, 15) is 9.90 Å². The molecule has 1 aliphatic heterocycles. The van der Waals surface area contributed by atoms with E-state index in [2.05, 4.69) is 25.3 Å². The minimum absolute atomic E-state index is 0.0470. The van der Waals surface area contributed by atoms with Crippen molar-refractivity contribution in [2.24, 2.45) is 4.99 Å². The number of nitrogens with one attached hydrogen (secondary N) is 1. The first kappa shape index (κ1) is 15.8. The van der Waals surface area contributed by atoms with Crippen LogP contribution in [-0.4, -0.2) is 36.6 Å². The van der Waals surface area contributed by atoms with Crippen molar-refractivity contribution < 1.29 is 9.90 Å². The Hall–Kier alpha value is -3.43. The Morgan fingerprint density at radius 3 is 2.96 bits per heavy atom. The number of anilines is 2. The first-order chi connectivity index (χ1) is 13.2. The molecule has 0 spiro atoms. The van der Waals surface area contributed by atoms with Crippen LogP contribution in [0.25, 0.3) is 16.9 Å². The molecule has 4 heterocycles. The highest BCUT2D eigenvalue weighted by molar-refractivity contribution is 7.15. The number of nitrogens with zero attached hydrogens (tertiary/aromatic N) is 5. The van der Waals surface area contributed by atoms with Crippen LogP contribution in [0.2, 0.25) is 0 Å². The van der Waals surface area contributed by atoms with Crippen LogP contribution in [0.5, 0.6) is 0 Å². The molecule has 27 heavy (non-hydrogen) atoms. The van der Waals surface area contributed by atoms with Crippen LogP contribution in [0.3, 0.4) is 0 Å². The van der Waals surface area contributed by atoms with Crippen molar-refractivity contribution >= 4 is 40.1 Å². The van der Waals surface area contributed by atoms with E-state index in [-0.39, 0.29) is 12.5 Å². The number of benzene rings is 1. The molecule has 4 aromatic rings. The SMILES string of the molecule is O=C1N=Cc2cc(-c3cnc(Nc4ncc(CO)s4)c4nccn34)ccc21. The lowest BCUT2D eigenvalue weighted by Crippen LogP contribution is -2.01. The first-order valence-electron chi connectivity index (χ1n) is 8.10. The summed E-state index contributed by atoms with van der Waals surface area (Å²) in [5.74, 6) is 0.355. The Morgan fingerprint density at radius 2 is 2.11 bits per heavy atom. The van der Waals surface area contributed by atoms with Gasteiger partial charge < -0.3 is 10.4 Å². The Kier molecular flexibility index (Phi) is 3.56. The molecule has 0 radical (unpaired) electrons. The number of aromatic nitrogens is 4. The van der Waals surface area contributed by atoms with Gasteiger partial charge in [0.15, 0.2) is 16.6 Å². The van der Waals surface area contributed by atoms with Crippen LogP contribution in [0.15, 0.2) is 48.0 Å². The fourth-order valence-electron chi connectivity index (χ4n) is 2.98. The van der Waals surface area contributed by atoms with Gasteiger partial charge in [-0.3, -0.25) is 9.20 Å². The number of hydrogen-bond acceptors (Lipinski definition) is 7. The zero-order valence-electron chi connectivity index (χ0n) is 13.8. The average Bonchev–Trinajstić information content (AvgIpc) is 3.42. The lowest BCUT2D eigenvalue weighted by atomic mass is 10.0. The van der Waals surface area contributed by atoms with Crippen LogP contribution in [0.4, 0.5) is 10.9 Å². The standard InChI is InChI=1S/C18H12N6O2S/c25-9-12-7-22-18(27-12)23-15-16-19-3-4-24(16)14(8-20-15)10-1-2-13-11(5-10)6-21-17(13)26/h1-8,25H,9H2,(H,20,22,23). The third kappa shape index (κ3) is 2.60. The predicted molar refractivity (Wildman–Crippen MR) is 102 cm³/mol. The van der Waals surface area contributed by atoms with Crippen LogP contribution < -0.4 is 5.32 Å². The molecule has 1 aliphatic rings. The summed E-state index contributed by atoms with van der Waals surface area (Å²) in [6, 6.07) is 5.58. The van der Waals surface area contributed by atoms with Gasteiger partial charge in [-0.15, -0.1) is 0 Å². The molecular weight excluding hydrogens is 364 g/mol.